The van der Waals surface area contributed by atoms with Gasteiger partial charge in [0.05, 0.1) is 12.7 Å². The summed E-state index contributed by atoms with van der Waals surface area (Å²) in [6.45, 7) is 3.24. The molecule has 4 heteroatoms. The van der Waals surface area contributed by atoms with Crippen LogP contribution in [0, 0.1) is 0 Å². The van der Waals surface area contributed by atoms with Gasteiger partial charge >= 0.3 is 5.97 Å². The van der Waals surface area contributed by atoms with Crippen LogP contribution in [0.2, 0.25) is 0 Å². The van der Waals surface area contributed by atoms with Gasteiger partial charge in [-0.25, -0.2) is 0 Å². The Kier molecular flexibility index (Phi) is 12.0. The summed E-state index contributed by atoms with van der Waals surface area (Å²) < 4.78 is 10.3. The summed E-state index contributed by atoms with van der Waals surface area (Å²) in [4.78, 5) is 11.8. The van der Waals surface area contributed by atoms with Gasteiger partial charge in [-0.3, -0.25) is 4.79 Å². The fraction of sp³-hybridized carbons (Fsp3) is 0.667. The molecule has 1 aromatic rings. The average Bonchev–Trinajstić information content (AvgIpc) is 2.63. The molecule has 0 amide bonds. The zero-order valence-electron chi connectivity index (χ0n) is 15.8. The largest absolute Gasteiger partial charge is 0.466 e. The third kappa shape index (κ3) is 10.3. The van der Waals surface area contributed by atoms with Gasteiger partial charge in [0.2, 0.25) is 0 Å². The Balaban J connectivity index is 2.16. The lowest BCUT2D eigenvalue weighted by Gasteiger charge is -2.16. The highest BCUT2D eigenvalue weighted by Crippen LogP contribution is 2.24. The van der Waals surface area contributed by atoms with E-state index in [1.54, 1.807) is 7.11 Å². The van der Waals surface area contributed by atoms with Gasteiger partial charge in [0.1, 0.15) is 0 Å². The highest BCUT2D eigenvalue weighted by atomic mass is 16.5. The van der Waals surface area contributed by atoms with Gasteiger partial charge < -0.3 is 14.6 Å². The summed E-state index contributed by atoms with van der Waals surface area (Å²) in [5.41, 5.74) is 1.32. The lowest BCUT2D eigenvalue weighted by atomic mass is 9.92. The number of carbonyl (C=O) groups excluding carboxylic acids is 1. The minimum atomic E-state index is -0.336. The van der Waals surface area contributed by atoms with Crippen LogP contribution in [0.25, 0.3) is 0 Å². The second kappa shape index (κ2) is 13.9. The summed E-state index contributed by atoms with van der Waals surface area (Å²) in [7, 11) is 1.63. The van der Waals surface area contributed by atoms with E-state index < -0.39 is 0 Å². The topological polar surface area (TPSA) is 55.8 Å². The number of ether oxygens (including phenoxy) is 2. The number of methoxy groups -OCH3 is 1. The molecule has 0 bridgehead atoms. The highest BCUT2D eigenvalue weighted by molar-refractivity contribution is 5.69. The number of rotatable bonds is 14. The van der Waals surface area contributed by atoms with E-state index >= 15 is 0 Å². The zero-order valence-corrected chi connectivity index (χ0v) is 15.8. The lowest BCUT2D eigenvalue weighted by molar-refractivity contribution is -0.144. The zero-order chi connectivity index (χ0) is 18.3. The molecule has 1 unspecified atom stereocenters. The number of unbranched alkanes of at least 4 members (excludes halogenated alkanes) is 1. The number of aliphatic hydroxyl groups is 1. The smallest absolute Gasteiger partial charge is 0.305 e. The molecule has 25 heavy (non-hydrogen) atoms. The molecule has 0 aliphatic rings. The van der Waals surface area contributed by atoms with Gasteiger partial charge in [-0.05, 0) is 43.6 Å². The molecule has 1 rings (SSSR count). The van der Waals surface area contributed by atoms with E-state index in [0.29, 0.717) is 38.4 Å². The minimum Gasteiger partial charge on any atom is -0.466 e. The van der Waals surface area contributed by atoms with Gasteiger partial charge in [0.25, 0.3) is 0 Å². The molecule has 1 N–H and O–H groups in total. The van der Waals surface area contributed by atoms with Gasteiger partial charge in [0.15, 0.2) is 0 Å². The van der Waals surface area contributed by atoms with Crippen molar-refractivity contribution in [2.45, 2.75) is 70.3 Å². The summed E-state index contributed by atoms with van der Waals surface area (Å²) in [6, 6.07) is 10.4. The van der Waals surface area contributed by atoms with Crippen LogP contribution in [-0.4, -0.2) is 37.5 Å². The molecule has 0 heterocycles. The summed E-state index contributed by atoms with van der Waals surface area (Å²) >= 11 is 0. The SMILES string of the molecule is CCCC(CCOC(=O)CCCC[C@@H](O)CCOC)c1ccccc1. The van der Waals surface area contributed by atoms with E-state index in [2.05, 4.69) is 31.2 Å². The minimum absolute atomic E-state index is 0.130. The number of hydrogen-bond donors (Lipinski definition) is 1. The van der Waals surface area contributed by atoms with Crippen molar-refractivity contribution in [3.63, 3.8) is 0 Å². The number of hydrogen-bond acceptors (Lipinski definition) is 4. The first kappa shape index (κ1) is 21.7. The molecule has 0 saturated heterocycles. The maximum absolute atomic E-state index is 11.8. The monoisotopic (exact) mass is 350 g/mol. The Hall–Kier alpha value is -1.39. The Morgan fingerprint density at radius 2 is 1.80 bits per heavy atom. The highest BCUT2D eigenvalue weighted by Gasteiger charge is 2.12. The van der Waals surface area contributed by atoms with E-state index in [1.807, 2.05) is 6.07 Å². The second-order valence-corrected chi connectivity index (χ2v) is 6.59. The van der Waals surface area contributed by atoms with Gasteiger partial charge in [-0.2, -0.15) is 0 Å². The molecule has 0 spiro atoms. The van der Waals surface area contributed by atoms with Crippen molar-refractivity contribution in [3.05, 3.63) is 35.9 Å². The van der Waals surface area contributed by atoms with Gasteiger partial charge in [-0.1, -0.05) is 50.1 Å². The number of benzene rings is 1. The number of aliphatic hydroxyl groups excluding tert-OH is 1. The van der Waals surface area contributed by atoms with E-state index in [-0.39, 0.29) is 12.1 Å². The molecule has 0 fully saturated rings. The molecule has 0 radical (unpaired) electrons. The third-order valence-electron chi connectivity index (χ3n) is 4.46. The van der Waals surface area contributed by atoms with Crippen LogP contribution in [0.15, 0.2) is 30.3 Å². The Bertz CT molecular complexity index is 446. The molecule has 0 aliphatic carbocycles. The fourth-order valence-corrected chi connectivity index (χ4v) is 2.99. The molecule has 4 nitrogen and oxygen atoms in total. The second-order valence-electron chi connectivity index (χ2n) is 6.59. The quantitative estimate of drug-likeness (QED) is 0.397. The first-order valence-corrected chi connectivity index (χ1v) is 9.55. The van der Waals surface area contributed by atoms with Crippen molar-refractivity contribution < 1.29 is 19.4 Å². The molecule has 142 valence electrons. The maximum atomic E-state index is 11.8. The molecule has 0 saturated carbocycles. The van der Waals surface area contributed by atoms with Crippen LogP contribution >= 0.6 is 0 Å². The molecule has 1 aromatic carbocycles. The van der Waals surface area contributed by atoms with E-state index in [4.69, 9.17) is 9.47 Å². The van der Waals surface area contributed by atoms with Crippen LogP contribution in [0.5, 0.6) is 0 Å². The van der Waals surface area contributed by atoms with Crippen LogP contribution in [0.4, 0.5) is 0 Å². The van der Waals surface area contributed by atoms with Gasteiger partial charge in [-0.15, -0.1) is 0 Å². The molecular formula is C21H34O4. The van der Waals surface area contributed by atoms with Crippen molar-refractivity contribution in [3.8, 4) is 0 Å². The Labute approximate surface area is 152 Å². The molecule has 0 aliphatic heterocycles. The third-order valence-corrected chi connectivity index (χ3v) is 4.46. The maximum Gasteiger partial charge on any atom is 0.305 e. The average molecular weight is 350 g/mol. The van der Waals surface area contributed by atoms with Crippen molar-refractivity contribution in [1.29, 1.82) is 0 Å². The standard InChI is InChI=1S/C21H34O4/c1-3-9-18(19-10-5-4-6-11-19)14-17-25-21(23)13-8-7-12-20(22)15-16-24-2/h4-6,10-11,18,20,22H,3,7-9,12-17H2,1-2H3/t18?,20-/m1/s1. The first-order valence-electron chi connectivity index (χ1n) is 9.55. The summed E-state index contributed by atoms with van der Waals surface area (Å²) in [6.07, 6.45) is 6.17. The predicted octanol–water partition coefficient (Wildman–Crippen LogP) is 4.46. The van der Waals surface area contributed by atoms with Crippen LogP contribution in [0.3, 0.4) is 0 Å². The Morgan fingerprint density at radius 3 is 2.48 bits per heavy atom. The van der Waals surface area contributed by atoms with E-state index in [1.165, 1.54) is 5.56 Å². The van der Waals surface area contributed by atoms with E-state index in [0.717, 1.165) is 32.1 Å². The van der Waals surface area contributed by atoms with Crippen LogP contribution in [-0.2, 0) is 14.3 Å². The lowest BCUT2D eigenvalue weighted by Crippen LogP contribution is -2.11. The van der Waals surface area contributed by atoms with Crippen LogP contribution < -0.4 is 0 Å². The van der Waals surface area contributed by atoms with Gasteiger partial charge in [0, 0.05) is 20.1 Å². The van der Waals surface area contributed by atoms with Crippen molar-refractivity contribution in [1.82, 2.24) is 0 Å². The van der Waals surface area contributed by atoms with Crippen molar-refractivity contribution in [2.24, 2.45) is 0 Å². The number of carbonyl (C=O) groups is 1. The Morgan fingerprint density at radius 1 is 1.04 bits per heavy atom. The normalized spacial score (nSPS) is 13.4. The van der Waals surface area contributed by atoms with E-state index in [9.17, 15) is 9.90 Å². The molecule has 2 atom stereocenters. The number of esters is 1. The fourth-order valence-electron chi connectivity index (χ4n) is 2.99. The summed E-state index contributed by atoms with van der Waals surface area (Å²) in [5.74, 6) is 0.324. The molecule has 0 aromatic heterocycles. The summed E-state index contributed by atoms with van der Waals surface area (Å²) in [5, 5.41) is 9.71. The van der Waals surface area contributed by atoms with Crippen LogP contribution in [0.1, 0.15) is 69.8 Å². The van der Waals surface area contributed by atoms with Crippen molar-refractivity contribution >= 4 is 5.97 Å². The predicted molar refractivity (Wildman–Crippen MR) is 101 cm³/mol. The van der Waals surface area contributed by atoms with Crippen molar-refractivity contribution in [2.75, 3.05) is 20.3 Å². The first-order chi connectivity index (χ1) is 12.2. The molecular weight excluding hydrogens is 316 g/mol.